The van der Waals surface area contributed by atoms with Crippen molar-refractivity contribution < 1.29 is 22.3 Å². The summed E-state index contributed by atoms with van der Waals surface area (Å²) in [5, 5.41) is 0. The van der Waals surface area contributed by atoms with Gasteiger partial charge in [0.2, 0.25) is 0 Å². The molecule has 1 aromatic rings. The van der Waals surface area contributed by atoms with E-state index in [0.717, 1.165) is 6.07 Å². The van der Waals surface area contributed by atoms with Gasteiger partial charge in [-0.1, -0.05) is 18.2 Å². The highest BCUT2D eigenvalue weighted by atomic mass is 19.3. The summed E-state index contributed by atoms with van der Waals surface area (Å²) in [6.45, 7) is 1.73. The zero-order chi connectivity index (χ0) is 15.1. The van der Waals surface area contributed by atoms with E-state index in [-0.39, 0.29) is 5.56 Å². The number of halogens is 4. The van der Waals surface area contributed by atoms with Crippen LogP contribution in [0.4, 0.5) is 17.6 Å². The van der Waals surface area contributed by atoms with E-state index in [9.17, 15) is 17.6 Å². The lowest BCUT2D eigenvalue weighted by atomic mass is 9.82. The van der Waals surface area contributed by atoms with Crippen LogP contribution >= 0.6 is 0 Å². The Morgan fingerprint density at radius 3 is 2.50 bits per heavy atom. The molecule has 7 heteroatoms. The van der Waals surface area contributed by atoms with Crippen LogP contribution in [0.2, 0.25) is 0 Å². The summed E-state index contributed by atoms with van der Waals surface area (Å²) < 4.78 is 59.8. The molecule has 2 rings (SSSR count). The Morgan fingerprint density at radius 2 is 1.95 bits per heavy atom. The van der Waals surface area contributed by atoms with Gasteiger partial charge in [0.1, 0.15) is 11.4 Å². The molecule has 0 aromatic heterocycles. The first-order valence-electron chi connectivity index (χ1n) is 5.95. The number of nitrogens with two attached hydrogens (primary N) is 1. The topological polar surface area (TPSA) is 47.6 Å². The lowest BCUT2D eigenvalue weighted by Crippen LogP contribution is -2.55. The molecule has 1 aromatic carbocycles. The molecule has 1 aliphatic heterocycles. The third kappa shape index (κ3) is 2.32. The van der Waals surface area contributed by atoms with Crippen molar-refractivity contribution in [2.45, 2.75) is 37.6 Å². The Morgan fingerprint density at radius 1 is 1.35 bits per heavy atom. The van der Waals surface area contributed by atoms with Gasteiger partial charge in [-0.05, 0) is 13.0 Å². The van der Waals surface area contributed by atoms with E-state index in [0.29, 0.717) is 6.92 Å². The lowest BCUT2D eigenvalue weighted by Gasteiger charge is -2.40. The molecular weight excluding hydrogens is 276 g/mol. The summed E-state index contributed by atoms with van der Waals surface area (Å²) in [5.74, 6) is -4.22. The fraction of sp³-hybridized carbons (Fsp3) is 0.462. The van der Waals surface area contributed by atoms with Crippen LogP contribution in [-0.2, 0) is 10.3 Å². The van der Waals surface area contributed by atoms with E-state index in [1.54, 1.807) is 0 Å². The second kappa shape index (κ2) is 4.64. The number of benzene rings is 1. The van der Waals surface area contributed by atoms with Crippen LogP contribution in [-0.4, -0.2) is 24.2 Å². The summed E-state index contributed by atoms with van der Waals surface area (Å²) >= 11 is 0. The van der Waals surface area contributed by atoms with Crippen molar-refractivity contribution in [3.63, 3.8) is 0 Å². The van der Waals surface area contributed by atoms with Crippen LogP contribution in [0, 0.1) is 5.82 Å². The highest BCUT2D eigenvalue weighted by molar-refractivity contribution is 5.73. The number of amidine groups is 1. The number of aliphatic imine (C=N–C) groups is 1. The maximum atomic E-state index is 14.5. The van der Waals surface area contributed by atoms with Crippen LogP contribution in [0.25, 0.3) is 0 Å². The maximum Gasteiger partial charge on any atom is 0.284 e. The zero-order valence-corrected chi connectivity index (χ0v) is 10.9. The fourth-order valence-corrected chi connectivity index (χ4v) is 2.24. The number of hydrogen-bond donors (Lipinski definition) is 1. The minimum atomic E-state index is -3.48. The van der Waals surface area contributed by atoms with Gasteiger partial charge in [0.05, 0.1) is 0 Å². The van der Waals surface area contributed by atoms with Crippen molar-refractivity contribution in [1.29, 1.82) is 0 Å². The van der Waals surface area contributed by atoms with Crippen molar-refractivity contribution in [1.82, 2.24) is 0 Å². The molecule has 0 unspecified atom stereocenters. The molecule has 110 valence electrons. The SMILES string of the molecule is CC(F)(F)[C@H]1OC(N)=N[C@](C)(c2ccccc2F)[C@H]1F. The maximum absolute atomic E-state index is 14.5. The monoisotopic (exact) mass is 290 g/mol. The summed E-state index contributed by atoms with van der Waals surface area (Å²) in [6, 6.07) is 4.68. The Kier molecular flexibility index (Phi) is 3.39. The van der Waals surface area contributed by atoms with Crippen LogP contribution in [0.3, 0.4) is 0 Å². The molecule has 0 fully saturated rings. The zero-order valence-electron chi connectivity index (χ0n) is 10.9. The molecule has 0 radical (unpaired) electrons. The summed E-state index contributed by atoms with van der Waals surface area (Å²) in [6.07, 6.45) is -4.36. The van der Waals surface area contributed by atoms with Crippen molar-refractivity contribution in [3.05, 3.63) is 35.6 Å². The molecule has 3 nitrogen and oxygen atoms in total. The lowest BCUT2D eigenvalue weighted by molar-refractivity contribution is -0.138. The average Bonchev–Trinajstić information content (AvgIpc) is 2.33. The van der Waals surface area contributed by atoms with E-state index in [1.165, 1.54) is 25.1 Å². The summed E-state index contributed by atoms with van der Waals surface area (Å²) in [7, 11) is 0. The van der Waals surface area contributed by atoms with Crippen molar-refractivity contribution in [2.24, 2.45) is 10.7 Å². The standard InChI is InChI=1S/C13H14F4N2O/c1-12(7-5-3-4-6-8(7)14)9(15)10(13(2,16)17)20-11(18)19-12/h3-6,9-10H,1-2H3,(H2,18,19)/t9-,10-,12+/m0/s1. The minimum absolute atomic E-state index is 0.145. The van der Waals surface area contributed by atoms with Crippen LogP contribution in [0.1, 0.15) is 19.4 Å². The Labute approximate surface area is 113 Å². The Bertz CT molecular complexity index is 543. The second-order valence-corrected chi connectivity index (χ2v) is 4.97. The van der Waals surface area contributed by atoms with Crippen LogP contribution in [0.5, 0.6) is 0 Å². The Hall–Kier alpha value is -1.79. The molecule has 3 atom stereocenters. The number of hydrogen-bond acceptors (Lipinski definition) is 3. The predicted molar refractivity (Wildman–Crippen MR) is 65.8 cm³/mol. The van der Waals surface area contributed by atoms with Gasteiger partial charge in [0, 0.05) is 12.5 Å². The normalized spacial score (nSPS) is 30.6. The van der Waals surface area contributed by atoms with E-state index >= 15 is 0 Å². The molecule has 0 bridgehead atoms. The van der Waals surface area contributed by atoms with Crippen molar-refractivity contribution in [3.8, 4) is 0 Å². The van der Waals surface area contributed by atoms with Crippen molar-refractivity contribution >= 4 is 6.02 Å². The number of rotatable bonds is 2. The number of nitrogens with zero attached hydrogens (tertiary/aromatic N) is 1. The fourth-order valence-electron chi connectivity index (χ4n) is 2.24. The van der Waals surface area contributed by atoms with E-state index in [4.69, 9.17) is 5.73 Å². The van der Waals surface area contributed by atoms with E-state index in [2.05, 4.69) is 9.73 Å². The highest BCUT2D eigenvalue weighted by Gasteiger charge is 2.55. The van der Waals surface area contributed by atoms with Gasteiger partial charge < -0.3 is 10.5 Å². The molecular formula is C13H14F4N2O. The minimum Gasteiger partial charge on any atom is -0.452 e. The third-order valence-corrected chi connectivity index (χ3v) is 3.31. The van der Waals surface area contributed by atoms with Gasteiger partial charge in [-0.3, -0.25) is 0 Å². The second-order valence-electron chi connectivity index (χ2n) is 4.97. The Balaban J connectivity index is 2.54. The smallest absolute Gasteiger partial charge is 0.284 e. The first-order valence-corrected chi connectivity index (χ1v) is 5.95. The molecule has 0 saturated heterocycles. The van der Waals surface area contributed by atoms with E-state index in [1.807, 2.05) is 0 Å². The molecule has 0 saturated carbocycles. The van der Waals surface area contributed by atoms with Crippen LogP contribution < -0.4 is 5.73 Å². The highest BCUT2D eigenvalue weighted by Crippen LogP contribution is 2.42. The number of alkyl halides is 3. The molecule has 2 N–H and O–H groups in total. The quantitative estimate of drug-likeness (QED) is 0.851. The van der Waals surface area contributed by atoms with Gasteiger partial charge in [-0.15, -0.1) is 0 Å². The van der Waals surface area contributed by atoms with E-state index < -0.39 is 35.6 Å². The number of ether oxygens (including phenoxy) is 1. The largest absolute Gasteiger partial charge is 0.452 e. The van der Waals surface area contributed by atoms with Crippen molar-refractivity contribution in [2.75, 3.05) is 0 Å². The molecule has 0 spiro atoms. The summed E-state index contributed by atoms with van der Waals surface area (Å²) in [4.78, 5) is 3.71. The molecule has 1 heterocycles. The van der Waals surface area contributed by atoms with Gasteiger partial charge in [0.15, 0.2) is 12.3 Å². The first kappa shape index (κ1) is 14.6. The average molecular weight is 290 g/mol. The molecule has 20 heavy (non-hydrogen) atoms. The summed E-state index contributed by atoms with van der Waals surface area (Å²) in [5.41, 5.74) is 3.34. The molecule has 0 aliphatic carbocycles. The van der Waals surface area contributed by atoms with Crippen LogP contribution in [0.15, 0.2) is 29.3 Å². The molecule has 1 aliphatic rings. The molecule has 0 amide bonds. The van der Waals surface area contributed by atoms with Gasteiger partial charge in [0.25, 0.3) is 11.9 Å². The first-order chi connectivity index (χ1) is 9.16. The van der Waals surface area contributed by atoms with Gasteiger partial charge >= 0.3 is 0 Å². The predicted octanol–water partition coefficient (Wildman–Crippen LogP) is 2.75. The van der Waals surface area contributed by atoms with Gasteiger partial charge in [-0.2, -0.15) is 0 Å². The van der Waals surface area contributed by atoms with Gasteiger partial charge in [-0.25, -0.2) is 22.6 Å². The third-order valence-electron chi connectivity index (χ3n) is 3.31.